The molecule has 0 bridgehead atoms. The van der Waals surface area contributed by atoms with E-state index in [1.165, 1.54) is 0 Å². The van der Waals surface area contributed by atoms with E-state index in [2.05, 4.69) is 4.98 Å². The molecule has 2 rings (SSSR count). The second kappa shape index (κ2) is 2.37. The number of H-pyrrole nitrogens is 1. The Morgan fingerprint density at radius 2 is 2.17 bits per heavy atom. The van der Waals surface area contributed by atoms with Gasteiger partial charge in [-0.3, -0.25) is 4.79 Å². The van der Waals surface area contributed by atoms with Gasteiger partial charge in [0.2, 0.25) is 0 Å². The van der Waals surface area contributed by atoms with Crippen molar-refractivity contribution in [3.8, 4) is 0 Å². The topological polar surface area (TPSA) is 58.9 Å². The SMILES string of the molecule is Cc1c(N)c2c([nH]c1=O)CCC2. The zero-order valence-electron chi connectivity index (χ0n) is 7.11. The molecule has 0 atom stereocenters. The van der Waals surface area contributed by atoms with Gasteiger partial charge in [0, 0.05) is 16.9 Å². The number of hydrogen-bond acceptors (Lipinski definition) is 2. The van der Waals surface area contributed by atoms with Gasteiger partial charge in [-0.15, -0.1) is 0 Å². The highest BCUT2D eigenvalue weighted by Gasteiger charge is 2.16. The highest BCUT2D eigenvalue weighted by Crippen LogP contribution is 2.25. The maximum absolute atomic E-state index is 11.3. The smallest absolute Gasteiger partial charge is 0.253 e. The monoisotopic (exact) mass is 164 g/mol. The number of nitrogens with two attached hydrogens (primary N) is 1. The zero-order valence-corrected chi connectivity index (χ0v) is 7.11. The number of aromatic amines is 1. The summed E-state index contributed by atoms with van der Waals surface area (Å²) >= 11 is 0. The van der Waals surface area contributed by atoms with Gasteiger partial charge in [-0.05, 0) is 31.7 Å². The van der Waals surface area contributed by atoms with Crippen LogP contribution >= 0.6 is 0 Å². The van der Waals surface area contributed by atoms with Crippen LogP contribution < -0.4 is 11.3 Å². The van der Waals surface area contributed by atoms with Crippen molar-refractivity contribution in [3.63, 3.8) is 0 Å². The molecule has 3 nitrogen and oxygen atoms in total. The quantitative estimate of drug-likeness (QED) is 0.594. The van der Waals surface area contributed by atoms with E-state index in [9.17, 15) is 4.79 Å². The van der Waals surface area contributed by atoms with Crippen LogP contribution in [0.5, 0.6) is 0 Å². The number of fused-ring (bicyclic) bond motifs is 1. The Labute approximate surface area is 70.6 Å². The number of hydrogen-bond donors (Lipinski definition) is 2. The molecule has 3 heteroatoms. The first-order valence-corrected chi connectivity index (χ1v) is 4.20. The van der Waals surface area contributed by atoms with Gasteiger partial charge < -0.3 is 10.7 Å². The molecule has 1 heterocycles. The van der Waals surface area contributed by atoms with Crippen LogP contribution in [-0.4, -0.2) is 4.98 Å². The van der Waals surface area contributed by atoms with E-state index in [1.807, 2.05) is 0 Å². The molecule has 1 aliphatic rings. The summed E-state index contributed by atoms with van der Waals surface area (Å²) in [6.07, 6.45) is 3.09. The van der Waals surface area contributed by atoms with Crippen LogP contribution in [0.4, 0.5) is 5.69 Å². The molecule has 0 fully saturated rings. The number of nitrogens with one attached hydrogen (secondary N) is 1. The number of pyridine rings is 1. The van der Waals surface area contributed by atoms with Crippen LogP contribution in [0.1, 0.15) is 23.2 Å². The predicted molar refractivity (Wildman–Crippen MR) is 48.2 cm³/mol. The number of nitrogen functional groups attached to an aromatic ring is 1. The second-order valence-corrected chi connectivity index (χ2v) is 3.30. The number of rotatable bonds is 0. The maximum atomic E-state index is 11.3. The van der Waals surface area contributed by atoms with Gasteiger partial charge in [0.1, 0.15) is 0 Å². The summed E-state index contributed by atoms with van der Waals surface area (Å²) in [7, 11) is 0. The first-order valence-electron chi connectivity index (χ1n) is 4.20. The van der Waals surface area contributed by atoms with Crippen molar-refractivity contribution in [2.24, 2.45) is 0 Å². The molecule has 64 valence electrons. The molecule has 1 aliphatic carbocycles. The fraction of sp³-hybridized carbons (Fsp3) is 0.444. The molecule has 0 spiro atoms. The molecule has 1 aromatic rings. The largest absolute Gasteiger partial charge is 0.398 e. The molecule has 0 saturated carbocycles. The molecular formula is C9H12N2O. The molecule has 3 N–H and O–H groups in total. The predicted octanol–water partition coefficient (Wildman–Crippen LogP) is 0.754. The van der Waals surface area contributed by atoms with Crippen LogP contribution in [0.2, 0.25) is 0 Å². The van der Waals surface area contributed by atoms with Gasteiger partial charge in [-0.2, -0.15) is 0 Å². The lowest BCUT2D eigenvalue weighted by Gasteiger charge is -2.05. The highest BCUT2D eigenvalue weighted by molar-refractivity contribution is 5.55. The Kier molecular flexibility index (Phi) is 1.46. The first-order chi connectivity index (χ1) is 5.70. The Bertz CT molecular complexity index is 379. The zero-order chi connectivity index (χ0) is 8.72. The highest BCUT2D eigenvalue weighted by atomic mass is 16.1. The molecule has 1 aromatic heterocycles. The molecule has 0 aliphatic heterocycles. The lowest BCUT2D eigenvalue weighted by Crippen LogP contribution is -2.15. The maximum Gasteiger partial charge on any atom is 0.253 e. The average Bonchev–Trinajstić information content (AvgIpc) is 2.48. The van der Waals surface area contributed by atoms with E-state index >= 15 is 0 Å². The van der Waals surface area contributed by atoms with Crippen LogP contribution in [-0.2, 0) is 12.8 Å². The van der Waals surface area contributed by atoms with E-state index in [-0.39, 0.29) is 5.56 Å². The molecular weight excluding hydrogens is 152 g/mol. The summed E-state index contributed by atoms with van der Waals surface area (Å²) in [5.41, 5.74) is 9.35. The van der Waals surface area contributed by atoms with Crippen LogP contribution in [0.15, 0.2) is 4.79 Å². The minimum atomic E-state index is -0.0341. The van der Waals surface area contributed by atoms with E-state index in [0.717, 1.165) is 30.5 Å². The number of aromatic nitrogens is 1. The van der Waals surface area contributed by atoms with Crippen LogP contribution in [0, 0.1) is 6.92 Å². The third-order valence-electron chi connectivity index (χ3n) is 2.55. The molecule has 0 aromatic carbocycles. The van der Waals surface area contributed by atoms with Gasteiger partial charge in [0.05, 0.1) is 0 Å². The lowest BCUT2D eigenvalue weighted by molar-refractivity contribution is 0.897. The van der Waals surface area contributed by atoms with E-state index in [4.69, 9.17) is 5.73 Å². The summed E-state index contributed by atoms with van der Waals surface area (Å²) < 4.78 is 0. The lowest BCUT2D eigenvalue weighted by atomic mass is 10.1. The van der Waals surface area contributed by atoms with E-state index < -0.39 is 0 Å². The Morgan fingerprint density at radius 3 is 2.92 bits per heavy atom. The summed E-state index contributed by atoms with van der Waals surface area (Å²) in [6, 6.07) is 0. The van der Waals surface area contributed by atoms with Crippen LogP contribution in [0.3, 0.4) is 0 Å². The third kappa shape index (κ3) is 0.858. The van der Waals surface area contributed by atoms with Crippen molar-refractivity contribution in [2.45, 2.75) is 26.2 Å². The first kappa shape index (κ1) is 7.40. The minimum Gasteiger partial charge on any atom is -0.398 e. The van der Waals surface area contributed by atoms with Gasteiger partial charge in [-0.1, -0.05) is 0 Å². The van der Waals surface area contributed by atoms with Crippen molar-refractivity contribution in [2.75, 3.05) is 5.73 Å². The summed E-state index contributed by atoms with van der Waals surface area (Å²) in [5.74, 6) is 0. The fourth-order valence-electron chi connectivity index (χ4n) is 1.76. The van der Waals surface area contributed by atoms with Crippen molar-refractivity contribution < 1.29 is 0 Å². The third-order valence-corrected chi connectivity index (χ3v) is 2.55. The molecule has 0 radical (unpaired) electrons. The normalized spacial score (nSPS) is 14.8. The molecule has 0 unspecified atom stereocenters. The Hall–Kier alpha value is -1.25. The van der Waals surface area contributed by atoms with Crippen LogP contribution in [0.25, 0.3) is 0 Å². The van der Waals surface area contributed by atoms with Crippen molar-refractivity contribution in [1.82, 2.24) is 4.98 Å². The Balaban J connectivity index is 2.76. The standard InChI is InChI=1S/C9H12N2O/c1-5-8(10)6-3-2-4-7(6)11-9(5)12/h2-4H2,1H3,(H3,10,11,12). The minimum absolute atomic E-state index is 0.0341. The summed E-state index contributed by atoms with van der Waals surface area (Å²) in [6.45, 7) is 1.77. The van der Waals surface area contributed by atoms with Crippen molar-refractivity contribution in [1.29, 1.82) is 0 Å². The summed E-state index contributed by atoms with van der Waals surface area (Å²) in [4.78, 5) is 14.1. The van der Waals surface area contributed by atoms with E-state index in [1.54, 1.807) is 6.92 Å². The van der Waals surface area contributed by atoms with Gasteiger partial charge >= 0.3 is 0 Å². The summed E-state index contributed by atoms with van der Waals surface area (Å²) in [5, 5.41) is 0. The molecule has 12 heavy (non-hydrogen) atoms. The van der Waals surface area contributed by atoms with Crippen molar-refractivity contribution >= 4 is 5.69 Å². The number of aryl methyl sites for hydroxylation is 1. The van der Waals surface area contributed by atoms with E-state index in [0.29, 0.717) is 11.3 Å². The van der Waals surface area contributed by atoms with Crippen molar-refractivity contribution in [3.05, 3.63) is 27.2 Å². The number of anilines is 1. The average molecular weight is 164 g/mol. The van der Waals surface area contributed by atoms with Gasteiger partial charge in [0.15, 0.2) is 0 Å². The van der Waals surface area contributed by atoms with Gasteiger partial charge in [-0.25, -0.2) is 0 Å². The molecule has 0 saturated heterocycles. The second-order valence-electron chi connectivity index (χ2n) is 3.30. The molecule has 0 amide bonds. The van der Waals surface area contributed by atoms with Gasteiger partial charge in [0.25, 0.3) is 5.56 Å². The Morgan fingerprint density at radius 1 is 1.42 bits per heavy atom. The fourth-order valence-corrected chi connectivity index (χ4v) is 1.76.